The molecule has 0 atom stereocenters. The molecule has 0 aromatic heterocycles. The monoisotopic (exact) mass is 159 g/mol. The normalized spacial score (nSPS) is 9.50. The van der Waals surface area contributed by atoms with Gasteiger partial charge in [-0.2, -0.15) is 0 Å². The van der Waals surface area contributed by atoms with Crippen LogP contribution in [0.25, 0.3) is 5.57 Å². The first-order valence-corrected chi connectivity index (χ1v) is 3.88. The van der Waals surface area contributed by atoms with Gasteiger partial charge in [0.05, 0.1) is 5.69 Å². The molecule has 0 amide bonds. The van der Waals surface area contributed by atoms with E-state index >= 15 is 0 Å². The molecule has 1 heteroatoms. The summed E-state index contributed by atoms with van der Waals surface area (Å²) in [6, 6.07) is 6.06. The molecule has 0 aliphatic heterocycles. The van der Waals surface area contributed by atoms with Crippen LogP contribution in [0.4, 0.5) is 5.69 Å². The summed E-state index contributed by atoms with van der Waals surface area (Å²) >= 11 is 0. The quantitative estimate of drug-likeness (QED) is 0.587. The van der Waals surface area contributed by atoms with Crippen LogP contribution in [-0.2, 0) is 0 Å². The largest absolute Gasteiger partial charge is 0.264 e. The van der Waals surface area contributed by atoms with Crippen molar-refractivity contribution >= 4 is 18.0 Å². The fraction of sp³-hybridized carbons (Fsp3) is 0.182. The number of hydrogen-bond acceptors (Lipinski definition) is 1. The third-order valence-electron chi connectivity index (χ3n) is 1.78. The zero-order valence-electron chi connectivity index (χ0n) is 7.59. The maximum atomic E-state index is 3.92. The van der Waals surface area contributed by atoms with Gasteiger partial charge in [-0.3, -0.25) is 4.99 Å². The molecule has 0 bridgehead atoms. The Morgan fingerprint density at radius 3 is 2.58 bits per heavy atom. The van der Waals surface area contributed by atoms with Gasteiger partial charge in [0.15, 0.2) is 0 Å². The zero-order chi connectivity index (χ0) is 9.14. The summed E-state index contributed by atoms with van der Waals surface area (Å²) in [6.45, 7) is 11.4. The molecule has 0 aliphatic rings. The SMILES string of the molecule is C=Nc1ccc(C)cc1C(=C)C. The fourth-order valence-electron chi connectivity index (χ4n) is 1.13. The summed E-state index contributed by atoms with van der Waals surface area (Å²) in [4.78, 5) is 3.92. The fourth-order valence-corrected chi connectivity index (χ4v) is 1.13. The Morgan fingerprint density at radius 2 is 2.08 bits per heavy atom. The molecule has 0 saturated carbocycles. The van der Waals surface area contributed by atoms with Gasteiger partial charge in [-0.15, -0.1) is 0 Å². The van der Waals surface area contributed by atoms with Crippen LogP contribution in [0.5, 0.6) is 0 Å². The van der Waals surface area contributed by atoms with E-state index in [4.69, 9.17) is 0 Å². The number of hydrogen-bond donors (Lipinski definition) is 0. The highest BCUT2D eigenvalue weighted by atomic mass is 14.7. The first kappa shape index (κ1) is 8.72. The van der Waals surface area contributed by atoms with Gasteiger partial charge in [0, 0.05) is 5.56 Å². The summed E-state index contributed by atoms with van der Waals surface area (Å²) in [5.74, 6) is 0. The molecule has 0 unspecified atom stereocenters. The lowest BCUT2D eigenvalue weighted by atomic mass is 10.0. The van der Waals surface area contributed by atoms with Crippen LogP contribution < -0.4 is 0 Å². The maximum absolute atomic E-state index is 3.92. The average Bonchev–Trinajstić information content (AvgIpc) is 2.04. The minimum atomic E-state index is 0.910. The number of rotatable bonds is 2. The Bertz CT molecular complexity index is 324. The van der Waals surface area contributed by atoms with Crippen LogP contribution in [0.15, 0.2) is 29.8 Å². The first-order chi connectivity index (χ1) is 5.65. The molecule has 0 spiro atoms. The number of allylic oxidation sites excluding steroid dienone is 1. The number of aryl methyl sites for hydroxylation is 1. The van der Waals surface area contributed by atoms with Gasteiger partial charge in [0.25, 0.3) is 0 Å². The van der Waals surface area contributed by atoms with Crippen molar-refractivity contribution < 1.29 is 0 Å². The van der Waals surface area contributed by atoms with Crippen LogP contribution in [0, 0.1) is 6.92 Å². The van der Waals surface area contributed by atoms with Gasteiger partial charge in [0.1, 0.15) is 0 Å². The second-order valence-electron chi connectivity index (χ2n) is 2.96. The molecular formula is C11H13N. The highest BCUT2D eigenvalue weighted by Gasteiger charge is 2.00. The van der Waals surface area contributed by atoms with Crippen LogP contribution >= 0.6 is 0 Å². The summed E-state index contributed by atoms with van der Waals surface area (Å²) in [6.07, 6.45) is 0. The lowest BCUT2D eigenvalue weighted by Crippen LogP contribution is -1.81. The van der Waals surface area contributed by atoms with Crippen LogP contribution in [0.2, 0.25) is 0 Å². The van der Waals surface area contributed by atoms with Crippen LogP contribution in [0.3, 0.4) is 0 Å². The molecule has 1 aromatic carbocycles. The van der Waals surface area contributed by atoms with E-state index in [1.165, 1.54) is 5.56 Å². The van der Waals surface area contributed by atoms with Crippen LogP contribution in [0.1, 0.15) is 18.1 Å². The molecule has 0 saturated heterocycles. The molecular weight excluding hydrogens is 146 g/mol. The predicted octanol–water partition coefficient (Wildman–Crippen LogP) is 3.36. The second kappa shape index (κ2) is 3.35. The van der Waals surface area contributed by atoms with Gasteiger partial charge in [-0.05, 0) is 38.3 Å². The van der Waals surface area contributed by atoms with E-state index in [2.05, 4.69) is 31.3 Å². The van der Waals surface area contributed by atoms with E-state index < -0.39 is 0 Å². The Labute approximate surface area is 73.5 Å². The van der Waals surface area contributed by atoms with Crippen molar-refractivity contribution in [3.8, 4) is 0 Å². The minimum Gasteiger partial charge on any atom is -0.264 e. The lowest BCUT2D eigenvalue weighted by molar-refractivity contribution is 1.41. The molecule has 1 rings (SSSR count). The summed E-state index contributed by atoms with van der Waals surface area (Å²) in [5.41, 5.74) is 4.25. The Hall–Kier alpha value is -1.37. The Kier molecular flexibility index (Phi) is 2.44. The highest BCUT2D eigenvalue weighted by Crippen LogP contribution is 2.25. The van der Waals surface area contributed by atoms with E-state index in [0.717, 1.165) is 16.8 Å². The van der Waals surface area contributed by atoms with Crippen molar-refractivity contribution in [1.82, 2.24) is 0 Å². The number of aliphatic imine (C=N–C) groups is 1. The topological polar surface area (TPSA) is 12.4 Å². The van der Waals surface area contributed by atoms with E-state index in [9.17, 15) is 0 Å². The molecule has 1 nitrogen and oxygen atoms in total. The van der Waals surface area contributed by atoms with Gasteiger partial charge in [0.2, 0.25) is 0 Å². The molecule has 0 radical (unpaired) electrons. The van der Waals surface area contributed by atoms with Gasteiger partial charge >= 0.3 is 0 Å². The number of benzene rings is 1. The first-order valence-electron chi connectivity index (χ1n) is 3.88. The lowest BCUT2D eigenvalue weighted by Gasteiger charge is -2.04. The molecule has 1 aromatic rings. The van der Waals surface area contributed by atoms with Gasteiger partial charge in [-0.1, -0.05) is 18.2 Å². The van der Waals surface area contributed by atoms with Gasteiger partial charge in [-0.25, -0.2) is 0 Å². The average molecular weight is 159 g/mol. The molecule has 0 N–H and O–H groups in total. The summed E-state index contributed by atoms with van der Waals surface area (Å²) in [7, 11) is 0. The standard InChI is InChI=1S/C11H13N/c1-8(2)10-7-9(3)5-6-11(10)12-4/h5-7H,1,4H2,2-3H3. The second-order valence-corrected chi connectivity index (χ2v) is 2.96. The molecule has 62 valence electrons. The minimum absolute atomic E-state index is 0.910. The highest BCUT2D eigenvalue weighted by molar-refractivity contribution is 5.73. The molecule has 0 heterocycles. The van der Waals surface area contributed by atoms with E-state index in [1.54, 1.807) is 0 Å². The smallest absolute Gasteiger partial charge is 0.0697 e. The van der Waals surface area contributed by atoms with E-state index in [-0.39, 0.29) is 0 Å². The molecule has 12 heavy (non-hydrogen) atoms. The third kappa shape index (κ3) is 1.62. The number of nitrogens with zero attached hydrogens (tertiary/aromatic N) is 1. The van der Waals surface area contributed by atoms with Crippen LogP contribution in [-0.4, -0.2) is 6.72 Å². The summed E-state index contributed by atoms with van der Waals surface area (Å²) < 4.78 is 0. The summed E-state index contributed by atoms with van der Waals surface area (Å²) in [5, 5.41) is 0. The zero-order valence-corrected chi connectivity index (χ0v) is 7.59. The van der Waals surface area contributed by atoms with Crippen molar-refractivity contribution in [1.29, 1.82) is 0 Å². The van der Waals surface area contributed by atoms with Gasteiger partial charge < -0.3 is 0 Å². The van der Waals surface area contributed by atoms with Crippen molar-refractivity contribution in [2.75, 3.05) is 0 Å². The van der Waals surface area contributed by atoms with Crippen molar-refractivity contribution in [3.63, 3.8) is 0 Å². The van der Waals surface area contributed by atoms with Crippen molar-refractivity contribution in [3.05, 3.63) is 35.9 Å². The Morgan fingerprint density at radius 1 is 1.42 bits per heavy atom. The Balaban J connectivity index is 3.30. The maximum Gasteiger partial charge on any atom is 0.0697 e. The predicted molar refractivity (Wildman–Crippen MR) is 55.1 cm³/mol. The molecule has 0 aliphatic carbocycles. The van der Waals surface area contributed by atoms with E-state index in [0.29, 0.717) is 0 Å². The van der Waals surface area contributed by atoms with E-state index in [1.807, 2.05) is 19.1 Å². The van der Waals surface area contributed by atoms with Crippen molar-refractivity contribution in [2.24, 2.45) is 4.99 Å². The molecule has 0 fully saturated rings. The van der Waals surface area contributed by atoms with Crippen molar-refractivity contribution in [2.45, 2.75) is 13.8 Å². The third-order valence-corrected chi connectivity index (χ3v) is 1.78.